The van der Waals surface area contributed by atoms with Crippen molar-refractivity contribution in [3.8, 4) is 23.3 Å². The molecule has 21 heavy (non-hydrogen) atoms. The third kappa shape index (κ3) is 3.40. The van der Waals surface area contributed by atoms with E-state index in [0.717, 1.165) is 0 Å². The molecule has 0 radical (unpaired) electrons. The third-order valence-electron chi connectivity index (χ3n) is 2.57. The van der Waals surface area contributed by atoms with E-state index in [9.17, 15) is 10.1 Å². The molecule has 1 heterocycles. The van der Waals surface area contributed by atoms with Gasteiger partial charge in [0.05, 0.1) is 23.6 Å². The van der Waals surface area contributed by atoms with E-state index in [2.05, 4.69) is 20.9 Å². The molecule has 0 fully saturated rings. The van der Waals surface area contributed by atoms with Gasteiger partial charge in [-0.2, -0.15) is 4.98 Å². The van der Waals surface area contributed by atoms with Crippen LogP contribution in [0.2, 0.25) is 0 Å². The summed E-state index contributed by atoms with van der Waals surface area (Å²) in [5.74, 6) is 1.08. The summed E-state index contributed by atoms with van der Waals surface area (Å²) in [4.78, 5) is 14.4. The zero-order valence-electron chi connectivity index (χ0n) is 11.2. The smallest absolute Gasteiger partial charge is 0.331 e. The highest BCUT2D eigenvalue weighted by Gasteiger charge is 2.19. The fourth-order valence-corrected chi connectivity index (χ4v) is 1.98. The molecule has 0 saturated carbocycles. The van der Waals surface area contributed by atoms with Gasteiger partial charge in [0, 0.05) is 12.1 Å². The molecule has 7 nitrogen and oxygen atoms in total. The lowest BCUT2D eigenvalue weighted by atomic mass is 10.3. The SMILES string of the molecule is COc1ccc(Oc2nc(OC)ccc2[N+](=O)[O-])c(Br)c1. The third-order valence-corrected chi connectivity index (χ3v) is 3.19. The summed E-state index contributed by atoms with van der Waals surface area (Å²) >= 11 is 3.31. The molecule has 0 aliphatic rings. The van der Waals surface area contributed by atoms with E-state index in [4.69, 9.17) is 14.2 Å². The van der Waals surface area contributed by atoms with E-state index in [-0.39, 0.29) is 17.4 Å². The predicted molar refractivity (Wildman–Crippen MR) is 78.2 cm³/mol. The first-order valence-electron chi connectivity index (χ1n) is 5.76. The number of hydrogen-bond acceptors (Lipinski definition) is 6. The number of rotatable bonds is 5. The largest absolute Gasteiger partial charge is 0.497 e. The van der Waals surface area contributed by atoms with Gasteiger partial charge in [0.25, 0.3) is 0 Å². The van der Waals surface area contributed by atoms with Gasteiger partial charge in [-0.15, -0.1) is 0 Å². The van der Waals surface area contributed by atoms with Crippen LogP contribution in [0, 0.1) is 10.1 Å². The minimum atomic E-state index is -0.570. The first kappa shape index (κ1) is 15.0. The number of aromatic nitrogens is 1. The van der Waals surface area contributed by atoms with Crippen LogP contribution in [0.1, 0.15) is 0 Å². The van der Waals surface area contributed by atoms with Crippen molar-refractivity contribution >= 4 is 21.6 Å². The van der Waals surface area contributed by atoms with Gasteiger partial charge in [-0.05, 0) is 34.1 Å². The molecule has 0 bridgehead atoms. The van der Waals surface area contributed by atoms with E-state index in [1.165, 1.54) is 26.4 Å². The number of nitro groups is 1. The van der Waals surface area contributed by atoms with Gasteiger partial charge < -0.3 is 14.2 Å². The first-order valence-corrected chi connectivity index (χ1v) is 6.55. The summed E-state index contributed by atoms with van der Waals surface area (Å²) in [6.45, 7) is 0. The van der Waals surface area contributed by atoms with E-state index < -0.39 is 4.92 Å². The molecule has 8 heteroatoms. The molecule has 0 atom stereocenters. The van der Waals surface area contributed by atoms with Gasteiger partial charge in [-0.1, -0.05) is 0 Å². The molecule has 0 spiro atoms. The lowest BCUT2D eigenvalue weighted by Gasteiger charge is -2.09. The Kier molecular flexibility index (Phi) is 4.59. The number of benzene rings is 1. The maximum atomic E-state index is 11.0. The molecule has 0 amide bonds. The Balaban J connectivity index is 2.40. The number of halogens is 1. The zero-order chi connectivity index (χ0) is 15.4. The summed E-state index contributed by atoms with van der Waals surface area (Å²) in [6.07, 6.45) is 0. The molecule has 1 aromatic heterocycles. The molecule has 0 unspecified atom stereocenters. The molecule has 0 aliphatic carbocycles. The number of nitrogens with zero attached hydrogens (tertiary/aromatic N) is 2. The highest BCUT2D eigenvalue weighted by molar-refractivity contribution is 9.10. The van der Waals surface area contributed by atoms with Crippen molar-refractivity contribution in [2.45, 2.75) is 0 Å². The Labute approximate surface area is 128 Å². The normalized spacial score (nSPS) is 10.0. The van der Waals surface area contributed by atoms with Crippen LogP contribution in [0.4, 0.5) is 5.69 Å². The van der Waals surface area contributed by atoms with Gasteiger partial charge in [0.2, 0.25) is 5.88 Å². The van der Waals surface area contributed by atoms with Gasteiger partial charge in [0.1, 0.15) is 11.5 Å². The molecule has 0 N–H and O–H groups in total. The van der Waals surface area contributed by atoms with Crippen LogP contribution in [0.25, 0.3) is 0 Å². The number of hydrogen-bond donors (Lipinski definition) is 0. The van der Waals surface area contributed by atoms with Crippen molar-refractivity contribution in [2.75, 3.05) is 14.2 Å². The van der Waals surface area contributed by atoms with Crippen molar-refractivity contribution in [1.82, 2.24) is 4.98 Å². The maximum Gasteiger partial charge on any atom is 0.331 e. The van der Waals surface area contributed by atoms with Crippen LogP contribution in [0.3, 0.4) is 0 Å². The van der Waals surface area contributed by atoms with Gasteiger partial charge >= 0.3 is 11.6 Å². The maximum absolute atomic E-state index is 11.0. The van der Waals surface area contributed by atoms with Crippen LogP contribution in [0.15, 0.2) is 34.8 Å². The fourth-order valence-electron chi connectivity index (χ4n) is 1.54. The molecule has 2 rings (SSSR count). The number of pyridine rings is 1. The summed E-state index contributed by atoms with van der Waals surface area (Å²) in [5.41, 5.74) is -0.251. The second kappa shape index (κ2) is 6.40. The summed E-state index contributed by atoms with van der Waals surface area (Å²) < 4.78 is 16.1. The van der Waals surface area contributed by atoms with Crippen LogP contribution >= 0.6 is 15.9 Å². The predicted octanol–water partition coefficient (Wildman–Crippen LogP) is 3.56. The van der Waals surface area contributed by atoms with Crippen molar-refractivity contribution < 1.29 is 19.1 Å². The van der Waals surface area contributed by atoms with Crippen molar-refractivity contribution in [1.29, 1.82) is 0 Å². The molecule has 0 saturated heterocycles. The topological polar surface area (TPSA) is 83.7 Å². The minimum Gasteiger partial charge on any atom is -0.497 e. The van der Waals surface area contributed by atoms with Gasteiger partial charge in [-0.3, -0.25) is 10.1 Å². The highest BCUT2D eigenvalue weighted by Crippen LogP contribution is 2.36. The molecule has 0 aliphatic heterocycles. The lowest BCUT2D eigenvalue weighted by molar-refractivity contribution is -0.386. The van der Waals surface area contributed by atoms with E-state index in [0.29, 0.717) is 16.0 Å². The summed E-state index contributed by atoms with van der Waals surface area (Å²) in [7, 11) is 2.96. The first-order chi connectivity index (χ1) is 10.0. The number of methoxy groups -OCH3 is 2. The van der Waals surface area contributed by atoms with E-state index in [1.54, 1.807) is 18.2 Å². The molecular weight excluding hydrogens is 344 g/mol. The Morgan fingerprint density at radius 1 is 1.19 bits per heavy atom. The average molecular weight is 355 g/mol. The van der Waals surface area contributed by atoms with Crippen LogP contribution < -0.4 is 14.2 Å². The molecule has 110 valence electrons. The Bertz CT molecular complexity index is 678. The van der Waals surface area contributed by atoms with E-state index in [1.807, 2.05) is 0 Å². The fraction of sp³-hybridized carbons (Fsp3) is 0.154. The summed E-state index contributed by atoms with van der Waals surface area (Å²) in [5, 5.41) is 11.0. The van der Waals surface area contributed by atoms with E-state index >= 15 is 0 Å². The molecule has 2 aromatic rings. The zero-order valence-corrected chi connectivity index (χ0v) is 12.8. The Morgan fingerprint density at radius 3 is 2.52 bits per heavy atom. The summed E-state index contributed by atoms with van der Waals surface area (Å²) in [6, 6.07) is 7.65. The molecule has 1 aromatic carbocycles. The average Bonchev–Trinajstić information content (AvgIpc) is 2.48. The highest BCUT2D eigenvalue weighted by atomic mass is 79.9. The molecular formula is C13H11BrN2O5. The standard InChI is InChI=1S/C13H11BrN2O5/c1-19-8-3-5-11(9(14)7-8)21-13-10(16(17)18)4-6-12(15-13)20-2/h3-7H,1-2H3. The lowest BCUT2D eigenvalue weighted by Crippen LogP contribution is -1.98. The van der Waals surface area contributed by atoms with Crippen LogP contribution in [0.5, 0.6) is 23.3 Å². The monoisotopic (exact) mass is 354 g/mol. The Morgan fingerprint density at radius 2 is 1.95 bits per heavy atom. The van der Waals surface area contributed by atoms with Crippen LogP contribution in [-0.2, 0) is 0 Å². The van der Waals surface area contributed by atoms with Crippen molar-refractivity contribution in [2.24, 2.45) is 0 Å². The van der Waals surface area contributed by atoms with Gasteiger partial charge in [-0.25, -0.2) is 0 Å². The van der Waals surface area contributed by atoms with Crippen molar-refractivity contribution in [3.05, 3.63) is 44.9 Å². The van der Waals surface area contributed by atoms with Crippen LogP contribution in [-0.4, -0.2) is 24.1 Å². The van der Waals surface area contributed by atoms with Crippen molar-refractivity contribution in [3.63, 3.8) is 0 Å². The number of ether oxygens (including phenoxy) is 3. The second-order valence-electron chi connectivity index (χ2n) is 3.83. The second-order valence-corrected chi connectivity index (χ2v) is 4.69. The quantitative estimate of drug-likeness (QED) is 0.602. The Hall–Kier alpha value is -2.35. The van der Waals surface area contributed by atoms with Gasteiger partial charge in [0.15, 0.2) is 0 Å². The minimum absolute atomic E-state index is 0.148.